The number of fused-ring (bicyclic) bond motifs is 1. The van der Waals surface area contributed by atoms with Crippen LogP contribution in [0.5, 0.6) is 0 Å². The number of benzene rings is 2. The van der Waals surface area contributed by atoms with Gasteiger partial charge in [-0.05, 0) is 54.6 Å². The Morgan fingerprint density at radius 3 is 2.29 bits per heavy atom. The van der Waals surface area contributed by atoms with Crippen molar-refractivity contribution in [1.29, 1.82) is 0 Å². The molecule has 2 aromatic rings. The molecular weight excluding hydrogens is 324 g/mol. The van der Waals surface area contributed by atoms with E-state index in [1.54, 1.807) is 0 Å². The molecule has 0 aliphatic carbocycles. The van der Waals surface area contributed by atoms with Crippen molar-refractivity contribution in [3.05, 3.63) is 63.6 Å². The molecule has 2 nitrogen and oxygen atoms in total. The number of hydrogen-bond acceptors (Lipinski definition) is 2. The van der Waals surface area contributed by atoms with Gasteiger partial charge in [0.25, 0.3) is 0 Å². The van der Waals surface area contributed by atoms with Crippen LogP contribution < -0.4 is 10.6 Å². The third-order valence-electron chi connectivity index (χ3n) is 4.22. The van der Waals surface area contributed by atoms with E-state index in [2.05, 4.69) is 63.3 Å². The lowest BCUT2D eigenvalue weighted by molar-refractivity contribution is 0.795. The van der Waals surface area contributed by atoms with Crippen LogP contribution in [0.25, 0.3) is 0 Å². The number of anilines is 1. The Hall–Kier alpha value is -1.32. The summed E-state index contributed by atoms with van der Waals surface area (Å²) in [5.41, 5.74) is 11.4. The van der Waals surface area contributed by atoms with Gasteiger partial charge in [0.1, 0.15) is 0 Å². The molecule has 2 aromatic carbocycles. The Kier molecular flexibility index (Phi) is 4.61. The average Bonchev–Trinajstić information content (AvgIpc) is 2.72. The smallest absolute Gasteiger partial charge is 0.0410 e. The Labute approximate surface area is 135 Å². The molecule has 1 heterocycles. The molecule has 1 aliphatic heterocycles. The van der Waals surface area contributed by atoms with Gasteiger partial charge in [-0.25, -0.2) is 0 Å². The fourth-order valence-corrected chi connectivity index (χ4v) is 3.46. The van der Waals surface area contributed by atoms with Crippen molar-refractivity contribution in [2.75, 3.05) is 24.5 Å². The molecule has 2 N–H and O–H groups in total. The number of halogens is 1. The van der Waals surface area contributed by atoms with Gasteiger partial charge in [-0.2, -0.15) is 0 Å². The molecule has 0 bridgehead atoms. The van der Waals surface area contributed by atoms with Gasteiger partial charge >= 0.3 is 0 Å². The fourth-order valence-electron chi connectivity index (χ4n) is 3.11. The standard InChI is InChI=1S/C18H21BrN2/c19-17-6-5-16(7-10-20)18(13-17)21-11-8-14-3-1-2-4-15(14)9-12-21/h1-6,13H,7-12,20H2. The highest BCUT2D eigenvalue weighted by Crippen LogP contribution is 2.28. The molecule has 0 saturated carbocycles. The summed E-state index contributed by atoms with van der Waals surface area (Å²) in [7, 11) is 0. The molecule has 0 radical (unpaired) electrons. The van der Waals surface area contributed by atoms with Crippen LogP contribution in [0.3, 0.4) is 0 Å². The SMILES string of the molecule is NCCc1ccc(Br)cc1N1CCc2ccccc2CC1. The van der Waals surface area contributed by atoms with Crippen LogP contribution >= 0.6 is 15.9 Å². The van der Waals surface area contributed by atoms with Crippen LogP contribution in [0.1, 0.15) is 16.7 Å². The van der Waals surface area contributed by atoms with Gasteiger partial charge in [-0.3, -0.25) is 0 Å². The van der Waals surface area contributed by atoms with Crippen molar-refractivity contribution in [2.45, 2.75) is 19.3 Å². The predicted molar refractivity (Wildman–Crippen MR) is 93.0 cm³/mol. The molecule has 3 heteroatoms. The van der Waals surface area contributed by atoms with E-state index in [0.29, 0.717) is 6.54 Å². The maximum atomic E-state index is 5.77. The maximum Gasteiger partial charge on any atom is 0.0410 e. The van der Waals surface area contributed by atoms with E-state index in [-0.39, 0.29) is 0 Å². The molecule has 0 aromatic heterocycles. The summed E-state index contributed by atoms with van der Waals surface area (Å²) in [5.74, 6) is 0. The Morgan fingerprint density at radius 2 is 1.67 bits per heavy atom. The molecule has 3 rings (SSSR count). The molecule has 0 spiro atoms. The van der Waals surface area contributed by atoms with Crippen molar-refractivity contribution in [1.82, 2.24) is 0 Å². The van der Waals surface area contributed by atoms with Gasteiger partial charge in [0.15, 0.2) is 0 Å². The van der Waals surface area contributed by atoms with Gasteiger partial charge < -0.3 is 10.6 Å². The third kappa shape index (κ3) is 3.30. The summed E-state index contributed by atoms with van der Waals surface area (Å²) in [5, 5.41) is 0. The maximum absolute atomic E-state index is 5.77. The summed E-state index contributed by atoms with van der Waals surface area (Å²) in [4.78, 5) is 2.51. The Morgan fingerprint density at radius 1 is 1.00 bits per heavy atom. The average molecular weight is 345 g/mol. The van der Waals surface area contributed by atoms with Crippen LogP contribution in [-0.4, -0.2) is 19.6 Å². The zero-order valence-corrected chi connectivity index (χ0v) is 13.8. The first-order valence-electron chi connectivity index (χ1n) is 7.58. The van der Waals surface area contributed by atoms with Gasteiger partial charge in [0.05, 0.1) is 0 Å². The molecular formula is C18H21BrN2. The van der Waals surface area contributed by atoms with Crippen LogP contribution in [0.15, 0.2) is 46.9 Å². The normalized spacial score (nSPS) is 14.7. The molecule has 21 heavy (non-hydrogen) atoms. The minimum absolute atomic E-state index is 0.697. The first kappa shape index (κ1) is 14.6. The second-order valence-electron chi connectivity index (χ2n) is 5.57. The second-order valence-corrected chi connectivity index (χ2v) is 6.48. The van der Waals surface area contributed by atoms with Crippen molar-refractivity contribution in [2.24, 2.45) is 5.73 Å². The second kappa shape index (κ2) is 6.63. The van der Waals surface area contributed by atoms with Crippen LogP contribution in [-0.2, 0) is 19.3 Å². The molecule has 0 unspecified atom stereocenters. The summed E-state index contributed by atoms with van der Waals surface area (Å²) < 4.78 is 1.14. The van der Waals surface area contributed by atoms with Crippen LogP contribution in [0, 0.1) is 0 Å². The fraction of sp³-hybridized carbons (Fsp3) is 0.333. The number of rotatable bonds is 3. The monoisotopic (exact) mass is 344 g/mol. The van der Waals surface area contributed by atoms with Crippen molar-refractivity contribution >= 4 is 21.6 Å². The minimum Gasteiger partial charge on any atom is -0.371 e. The zero-order chi connectivity index (χ0) is 14.7. The summed E-state index contributed by atoms with van der Waals surface area (Å²) in [6.45, 7) is 2.85. The number of nitrogens with two attached hydrogens (primary N) is 1. The highest BCUT2D eigenvalue weighted by molar-refractivity contribution is 9.10. The van der Waals surface area contributed by atoms with Crippen molar-refractivity contribution < 1.29 is 0 Å². The van der Waals surface area contributed by atoms with Gasteiger partial charge in [0, 0.05) is 23.2 Å². The van der Waals surface area contributed by atoms with E-state index in [1.807, 2.05) is 0 Å². The number of hydrogen-bond donors (Lipinski definition) is 1. The van der Waals surface area contributed by atoms with E-state index >= 15 is 0 Å². The van der Waals surface area contributed by atoms with E-state index in [0.717, 1.165) is 36.8 Å². The van der Waals surface area contributed by atoms with Gasteiger partial charge in [0.2, 0.25) is 0 Å². The molecule has 1 aliphatic rings. The van der Waals surface area contributed by atoms with E-state index in [1.165, 1.54) is 22.4 Å². The van der Waals surface area contributed by atoms with Crippen LogP contribution in [0.4, 0.5) is 5.69 Å². The summed E-state index contributed by atoms with van der Waals surface area (Å²) in [6.07, 6.45) is 3.17. The summed E-state index contributed by atoms with van der Waals surface area (Å²) in [6, 6.07) is 15.4. The lowest BCUT2D eigenvalue weighted by Gasteiger charge is -2.25. The molecule has 0 amide bonds. The molecule has 0 atom stereocenters. The summed E-state index contributed by atoms with van der Waals surface area (Å²) >= 11 is 3.60. The lowest BCUT2D eigenvalue weighted by Crippen LogP contribution is -2.27. The minimum atomic E-state index is 0.697. The predicted octanol–water partition coefficient (Wildman–Crippen LogP) is 3.56. The van der Waals surface area contributed by atoms with Gasteiger partial charge in [-0.1, -0.05) is 46.3 Å². The quantitative estimate of drug-likeness (QED) is 0.922. The van der Waals surface area contributed by atoms with E-state index < -0.39 is 0 Å². The molecule has 110 valence electrons. The molecule has 0 saturated heterocycles. The first-order valence-corrected chi connectivity index (χ1v) is 8.37. The number of nitrogens with zero attached hydrogens (tertiary/aromatic N) is 1. The van der Waals surface area contributed by atoms with E-state index in [9.17, 15) is 0 Å². The van der Waals surface area contributed by atoms with E-state index in [4.69, 9.17) is 5.73 Å². The van der Waals surface area contributed by atoms with Gasteiger partial charge in [-0.15, -0.1) is 0 Å². The zero-order valence-electron chi connectivity index (χ0n) is 12.2. The Balaban J connectivity index is 1.87. The first-order chi connectivity index (χ1) is 10.3. The van der Waals surface area contributed by atoms with Crippen LogP contribution in [0.2, 0.25) is 0 Å². The third-order valence-corrected chi connectivity index (χ3v) is 4.72. The van der Waals surface area contributed by atoms with Crippen molar-refractivity contribution in [3.63, 3.8) is 0 Å². The molecule has 0 fully saturated rings. The lowest BCUT2D eigenvalue weighted by atomic mass is 10.0. The van der Waals surface area contributed by atoms with Crippen molar-refractivity contribution in [3.8, 4) is 0 Å². The Bertz CT molecular complexity index is 597. The highest BCUT2D eigenvalue weighted by Gasteiger charge is 2.16. The highest BCUT2D eigenvalue weighted by atomic mass is 79.9. The topological polar surface area (TPSA) is 29.3 Å². The largest absolute Gasteiger partial charge is 0.371 e.